The molecule has 0 saturated carbocycles. The highest BCUT2D eigenvalue weighted by Gasteiger charge is 2.27. The smallest absolute Gasteiger partial charge is 0.243 e. The van der Waals surface area contributed by atoms with Crippen LogP contribution in [0.4, 0.5) is 5.69 Å². The zero-order chi connectivity index (χ0) is 22.3. The fourth-order valence-electron chi connectivity index (χ4n) is 3.54. The predicted octanol–water partition coefficient (Wildman–Crippen LogP) is 3.09. The second-order valence-corrected chi connectivity index (χ2v) is 9.72. The Hall–Kier alpha value is -2.58. The molecule has 0 unspecified atom stereocenters. The lowest BCUT2D eigenvalue weighted by Crippen LogP contribution is -2.36. The van der Waals surface area contributed by atoms with Gasteiger partial charge < -0.3 is 15.4 Å². The number of amides is 1. The Morgan fingerprint density at radius 3 is 2.58 bits per heavy atom. The van der Waals surface area contributed by atoms with Crippen molar-refractivity contribution >= 4 is 21.6 Å². The standard InChI is InChI=1S/C23H31N3O4S/c1-18-7-6-8-21(15-18)30-14-11-24-23(27)17-25-20-10-9-19(2)22(16-20)31(28,29)26-12-4-3-5-13-26/h6-10,15-16,25H,3-5,11-14,17H2,1-2H3,(H,24,27). The van der Waals surface area contributed by atoms with Gasteiger partial charge in [-0.15, -0.1) is 0 Å². The molecule has 168 valence electrons. The van der Waals surface area contributed by atoms with Gasteiger partial charge in [0.2, 0.25) is 15.9 Å². The van der Waals surface area contributed by atoms with Gasteiger partial charge in [-0.05, 0) is 62.1 Å². The van der Waals surface area contributed by atoms with Gasteiger partial charge >= 0.3 is 0 Å². The molecule has 2 N–H and O–H groups in total. The first kappa shape index (κ1) is 23.1. The Morgan fingerprint density at radius 1 is 1.06 bits per heavy atom. The van der Waals surface area contributed by atoms with E-state index in [1.807, 2.05) is 31.2 Å². The van der Waals surface area contributed by atoms with Gasteiger partial charge in [0.15, 0.2) is 0 Å². The fraction of sp³-hybridized carbons (Fsp3) is 0.435. The molecule has 1 saturated heterocycles. The number of carbonyl (C=O) groups is 1. The van der Waals surface area contributed by atoms with Crippen LogP contribution in [0, 0.1) is 13.8 Å². The number of rotatable bonds is 9. The third-order valence-corrected chi connectivity index (χ3v) is 7.30. The number of aryl methyl sites for hydroxylation is 2. The van der Waals surface area contributed by atoms with Gasteiger partial charge in [0.1, 0.15) is 12.4 Å². The molecule has 3 rings (SSSR count). The molecule has 31 heavy (non-hydrogen) atoms. The van der Waals surface area contributed by atoms with Gasteiger partial charge in [-0.1, -0.05) is 24.6 Å². The van der Waals surface area contributed by atoms with Crippen LogP contribution in [0.3, 0.4) is 0 Å². The van der Waals surface area contributed by atoms with E-state index in [-0.39, 0.29) is 12.5 Å². The highest BCUT2D eigenvalue weighted by Crippen LogP contribution is 2.26. The van der Waals surface area contributed by atoms with E-state index in [0.717, 1.165) is 30.6 Å². The van der Waals surface area contributed by atoms with E-state index in [2.05, 4.69) is 10.6 Å². The minimum Gasteiger partial charge on any atom is -0.492 e. The van der Waals surface area contributed by atoms with Crippen molar-refractivity contribution in [2.24, 2.45) is 0 Å². The Balaban J connectivity index is 1.49. The van der Waals surface area contributed by atoms with Crippen molar-refractivity contribution in [3.63, 3.8) is 0 Å². The van der Waals surface area contributed by atoms with Crippen LogP contribution >= 0.6 is 0 Å². The van der Waals surface area contributed by atoms with Crippen molar-refractivity contribution < 1.29 is 17.9 Å². The topological polar surface area (TPSA) is 87.7 Å². The van der Waals surface area contributed by atoms with Gasteiger partial charge in [-0.2, -0.15) is 4.31 Å². The van der Waals surface area contributed by atoms with Gasteiger partial charge in [0.25, 0.3) is 0 Å². The molecule has 1 fully saturated rings. The summed E-state index contributed by atoms with van der Waals surface area (Å²) in [7, 11) is -3.52. The molecule has 0 aromatic heterocycles. The zero-order valence-electron chi connectivity index (χ0n) is 18.2. The van der Waals surface area contributed by atoms with Gasteiger partial charge in [0, 0.05) is 18.8 Å². The second kappa shape index (κ2) is 10.6. The lowest BCUT2D eigenvalue weighted by Gasteiger charge is -2.26. The summed E-state index contributed by atoms with van der Waals surface area (Å²) in [5.41, 5.74) is 2.42. The fourth-order valence-corrected chi connectivity index (χ4v) is 5.31. The van der Waals surface area contributed by atoms with Crippen molar-refractivity contribution in [3.8, 4) is 5.75 Å². The van der Waals surface area contributed by atoms with Gasteiger partial charge in [0.05, 0.1) is 18.0 Å². The summed E-state index contributed by atoms with van der Waals surface area (Å²) in [6.07, 6.45) is 2.85. The first-order valence-corrected chi connectivity index (χ1v) is 12.1. The van der Waals surface area contributed by atoms with Crippen molar-refractivity contribution in [2.75, 3.05) is 38.1 Å². The maximum atomic E-state index is 13.0. The molecule has 1 amide bonds. The lowest BCUT2D eigenvalue weighted by molar-refractivity contribution is -0.119. The molecule has 2 aromatic carbocycles. The van der Waals surface area contributed by atoms with E-state index < -0.39 is 10.0 Å². The average molecular weight is 446 g/mol. The van der Waals surface area contributed by atoms with E-state index in [0.29, 0.717) is 42.4 Å². The Kier molecular flexibility index (Phi) is 7.92. The van der Waals surface area contributed by atoms with E-state index >= 15 is 0 Å². The van der Waals surface area contributed by atoms with E-state index in [9.17, 15) is 13.2 Å². The van der Waals surface area contributed by atoms with E-state index in [1.165, 1.54) is 0 Å². The molecule has 0 aliphatic carbocycles. The van der Waals surface area contributed by atoms with Crippen LogP contribution < -0.4 is 15.4 Å². The van der Waals surface area contributed by atoms with Crippen LogP contribution in [0.5, 0.6) is 5.75 Å². The minimum absolute atomic E-state index is 0.0523. The zero-order valence-corrected chi connectivity index (χ0v) is 19.0. The average Bonchev–Trinajstić information content (AvgIpc) is 2.76. The van der Waals surface area contributed by atoms with Crippen LogP contribution in [0.1, 0.15) is 30.4 Å². The lowest BCUT2D eigenvalue weighted by atomic mass is 10.2. The van der Waals surface area contributed by atoms with Crippen molar-refractivity contribution in [3.05, 3.63) is 53.6 Å². The molecule has 2 aromatic rings. The number of nitrogens with zero attached hydrogens (tertiary/aromatic N) is 1. The highest BCUT2D eigenvalue weighted by atomic mass is 32.2. The summed E-state index contributed by atoms with van der Waals surface area (Å²) < 4.78 is 33.2. The molecular formula is C23H31N3O4S. The van der Waals surface area contributed by atoms with Crippen LogP contribution in [0.15, 0.2) is 47.4 Å². The molecule has 0 radical (unpaired) electrons. The molecule has 7 nitrogen and oxygen atoms in total. The number of nitrogens with one attached hydrogen (secondary N) is 2. The molecule has 0 bridgehead atoms. The summed E-state index contributed by atoms with van der Waals surface area (Å²) in [5.74, 6) is 0.586. The monoisotopic (exact) mass is 445 g/mol. The first-order chi connectivity index (χ1) is 14.9. The van der Waals surface area contributed by atoms with Crippen LogP contribution in [-0.4, -0.2) is 51.4 Å². The number of sulfonamides is 1. The number of benzene rings is 2. The largest absolute Gasteiger partial charge is 0.492 e. The number of piperidine rings is 1. The maximum Gasteiger partial charge on any atom is 0.243 e. The molecule has 1 aliphatic rings. The third-order valence-electron chi connectivity index (χ3n) is 5.26. The maximum absolute atomic E-state index is 13.0. The SMILES string of the molecule is Cc1cccc(OCCNC(=O)CNc2ccc(C)c(S(=O)(=O)N3CCCCC3)c2)c1. The molecular weight excluding hydrogens is 414 g/mol. The number of hydrogen-bond acceptors (Lipinski definition) is 5. The van der Waals surface area contributed by atoms with Crippen molar-refractivity contribution in [1.29, 1.82) is 0 Å². The van der Waals surface area contributed by atoms with Gasteiger partial charge in [-0.25, -0.2) is 8.42 Å². The Labute approximate surface area is 184 Å². The minimum atomic E-state index is -3.52. The number of hydrogen-bond donors (Lipinski definition) is 2. The first-order valence-electron chi connectivity index (χ1n) is 10.7. The van der Waals surface area contributed by atoms with Crippen LogP contribution in [0.25, 0.3) is 0 Å². The number of ether oxygens (including phenoxy) is 1. The Bertz CT molecular complexity index is 1000. The quantitative estimate of drug-likeness (QED) is 0.579. The summed E-state index contributed by atoms with van der Waals surface area (Å²) >= 11 is 0. The number of anilines is 1. The van der Waals surface area contributed by atoms with Crippen molar-refractivity contribution in [2.45, 2.75) is 38.0 Å². The van der Waals surface area contributed by atoms with Crippen LogP contribution in [-0.2, 0) is 14.8 Å². The van der Waals surface area contributed by atoms with Crippen LogP contribution in [0.2, 0.25) is 0 Å². The normalized spacial score (nSPS) is 14.8. The third kappa shape index (κ3) is 6.45. The summed E-state index contributed by atoms with van der Waals surface area (Å²) in [6.45, 7) is 5.72. The molecule has 0 atom stereocenters. The predicted molar refractivity (Wildman–Crippen MR) is 122 cm³/mol. The van der Waals surface area contributed by atoms with E-state index in [4.69, 9.17) is 4.74 Å². The molecule has 8 heteroatoms. The highest BCUT2D eigenvalue weighted by molar-refractivity contribution is 7.89. The molecule has 0 spiro atoms. The Morgan fingerprint density at radius 2 is 1.84 bits per heavy atom. The summed E-state index contributed by atoms with van der Waals surface area (Å²) in [6, 6.07) is 12.9. The second-order valence-electron chi connectivity index (χ2n) is 7.81. The summed E-state index contributed by atoms with van der Waals surface area (Å²) in [5, 5.41) is 5.81. The van der Waals surface area contributed by atoms with E-state index in [1.54, 1.807) is 29.4 Å². The molecule has 1 aliphatic heterocycles. The van der Waals surface area contributed by atoms with Crippen molar-refractivity contribution in [1.82, 2.24) is 9.62 Å². The summed E-state index contributed by atoms with van der Waals surface area (Å²) in [4.78, 5) is 12.4. The molecule has 1 heterocycles. The number of carbonyl (C=O) groups excluding carboxylic acids is 1. The van der Waals surface area contributed by atoms with Gasteiger partial charge in [-0.3, -0.25) is 4.79 Å².